The van der Waals surface area contributed by atoms with Crippen molar-refractivity contribution in [1.82, 2.24) is 4.90 Å². The lowest BCUT2D eigenvalue weighted by Gasteiger charge is -2.23. The van der Waals surface area contributed by atoms with E-state index in [1.54, 1.807) is 36.4 Å². The Balaban J connectivity index is 1.49. The molecule has 0 aliphatic carbocycles. The second kappa shape index (κ2) is 9.78. The molecular formula is C24H21Br2ClN2O3S. The minimum atomic E-state index is -3.80. The van der Waals surface area contributed by atoms with Crippen LogP contribution >= 0.6 is 43.5 Å². The Kier molecular flexibility index (Phi) is 7.19. The summed E-state index contributed by atoms with van der Waals surface area (Å²) >= 11 is 12.8. The van der Waals surface area contributed by atoms with Gasteiger partial charge in [-0.05, 0) is 94.0 Å². The van der Waals surface area contributed by atoms with Gasteiger partial charge in [-0.25, -0.2) is 8.42 Å². The molecule has 0 aromatic heterocycles. The molecule has 3 aromatic rings. The molecule has 1 atom stereocenters. The van der Waals surface area contributed by atoms with Crippen molar-refractivity contribution in [1.29, 1.82) is 0 Å². The second-order valence-corrected chi connectivity index (χ2v) is 11.9. The Hall–Kier alpha value is -1.87. The van der Waals surface area contributed by atoms with Crippen LogP contribution in [0.4, 0.5) is 5.69 Å². The molecule has 1 aliphatic rings. The van der Waals surface area contributed by atoms with Gasteiger partial charge in [0.25, 0.3) is 15.9 Å². The molecule has 1 unspecified atom stereocenters. The molecule has 0 bridgehead atoms. The SMILES string of the molecule is CC1CN(C(=O)c2ccc(NS(=O)(=O)c3cc(Br)ccc3Br)cc2)CCc2ccc(Cl)cc21. The summed E-state index contributed by atoms with van der Waals surface area (Å²) in [6.45, 7) is 3.30. The van der Waals surface area contributed by atoms with E-state index in [1.807, 2.05) is 23.1 Å². The molecule has 3 aromatic carbocycles. The maximum absolute atomic E-state index is 13.2. The highest BCUT2D eigenvalue weighted by atomic mass is 79.9. The van der Waals surface area contributed by atoms with Crippen molar-refractivity contribution >= 4 is 65.1 Å². The highest BCUT2D eigenvalue weighted by Gasteiger charge is 2.25. The zero-order chi connectivity index (χ0) is 23.8. The van der Waals surface area contributed by atoms with Gasteiger partial charge in [-0.15, -0.1) is 0 Å². The number of halogens is 3. The van der Waals surface area contributed by atoms with Crippen molar-refractivity contribution in [2.45, 2.75) is 24.2 Å². The molecule has 0 fully saturated rings. The number of rotatable bonds is 4. The van der Waals surface area contributed by atoms with Crippen molar-refractivity contribution in [3.8, 4) is 0 Å². The first kappa shape index (κ1) is 24.3. The lowest BCUT2D eigenvalue weighted by molar-refractivity contribution is 0.0754. The molecule has 5 nitrogen and oxygen atoms in total. The third-order valence-electron chi connectivity index (χ3n) is 5.64. The van der Waals surface area contributed by atoms with Crippen LogP contribution in [0.25, 0.3) is 0 Å². The summed E-state index contributed by atoms with van der Waals surface area (Å²) in [5.74, 6) is 0.0878. The molecule has 33 heavy (non-hydrogen) atoms. The monoisotopic (exact) mass is 610 g/mol. The van der Waals surface area contributed by atoms with Crippen LogP contribution in [-0.4, -0.2) is 32.3 Å². The predicted octanol–water partition coefficient (Wildman–Crippen LogP) is 6.47. The van der Waals surface area contributed by atoms with Crippen molar-refractivity contribution in [2.24, 2.45) is 0 Å². The van der Waals surface area contributed by atoms with Gasteiger partial charge in [0, 0.05) is 38.3 Å². The Morgan fingerprint density at radius 2 is 1.79 bits per heavy atom. The Morgan fingerprint density at radius 1 is 1.06 bits per heavy atom. The maximum atomic E-state index is 13.2. The van der Waals surface area contributed by atoms with E-state index >= 15 is 0 Å². The molecule has 0 spiro atoms. The van der Waals surface area contributed by atoms with Crippen LogP contribution in [0.2, 0.25) is 5.02 Å². The van der Waals surface area contributed by atoms with Gasteiger partial charge >= 0.3 is 0 Å². The molecule has 1 amide bonds. The van der Waals surface area contributed by atoms with Gasteiger partial charge in [-0.1, -0.05) is 40.5 Å². The average molecular weight is 613 g/mol. The number of fused-ring (bicyclic) bond motifs is 1. The zero-order valence-corrected chi connectivity index (χ0v) is 22.4. The molecule has 0 saturated heterocycles. The summed E-state index contributed by atoms with van der Waals surface area (Å²) in [4.78, 5) is 15.1. The van der Waals surface area contributed by atoms with Gasteiger partial charge < -0.3 is 4.90 Å². The summed E-state index contributed by atoms with van der Waals surface area (Å²) in [6, 6.07) is 17.3. The zero-order valence-electron chi connectivity index (χ0n) is 17.7. The number of nitrogens with zero attached hydrogens (tertiary/aromatic N) is 1. The fraction of sp³-hybridized carbons (Fsp3) is 0.208. The second-order valence-electron chi connectivity index (χ2n) is 8.00. The quantitative estimate of drug-likeness (QED) is 0.368. The van der Waals surface area contributed by atoms with Crippen molar-refractivity contribution in [3.05, 3.63) is 91.3 Å². The molecule has 9 heteroatoms. The fourth-order valence-electron chi connectivity index (χ4n) is 3.97. The number of hydrogen-bond acceptors (Lipinski definition) is 3. The number of anilines is 1. The van der Waals surface area contributed by atoms with Crippen molar-refractivity contribution in [2.75, 3.05) is 17.8 Å². The number of carbonyl (C=O) groups excluding carboxylic acids is 1. The van der Waals surface area contributed by atoms with E-state index in [-0.39, 0.29) is 16.7 Å². The van der Waals surface area contributed by atoms with E-state index in [2.05, 4.69) is 43.5 Å². The minimum absolute atomic E-state index is 0.0788. The standard InChI is InChI=1S/C24H21Br2ClN2O3S/c1-15-14-29(11-10-16-2-6-19(27)13-21(15)16)24(30)17-3-7-20(8-4-17)28-33(31,32)23-12-18(25)5-9-22(23)26/h2-9,12-13,15,28H,10-11,14H2,1H3. The van der Waals surface area contributed by atoms with Gasteiger partial charge in [0.15, 0.2) is 0 Å². The number of nitrogens with one attached hydrogen (secondary N) is 1. The van der Waals surface area contributed by atoms with Gasteiger partial charge in [0.1, 0.15) is 4.90 Å². The topological polar surface area (TPSA) is 66.5 Å². The summed E-state index contributed by atoms with van der Waals surface area (Å²) in [6.07, 6.45) is 0.766. The van der Waals surface area contributed by atoms with Crippen LogP contribution < -0.4 is 4.72 Å². The summed E-state index contributed by atoms with van der Waals surface area (Å²) in [5.41, 5.74) is 3.29. The van der Waals surface area contributed by atoms with Gasteiger partial charge in [-0.2, -0.15) is 0 Å². The number of amides is 1. The normalized spacial score (nSPS) is 16.1. The molecule has 4 rings (SSSR count). The first-order chi connectivity index (χ1) is 15.6. The molecular weight excluding hydrogens is 592 g/mol. The van der Waals surface area contributed by atoms with Gasteiger partial charge in [-0.3, -0.25) is 9.52 Å². The molecule has 1 N–H and O–H groups in total. The Bertz CT molecular complexity index is 1310. The van der Waals surface area contributed by atoms with Crippen LogP contribution in [0.1, 0.15) is 34.3 Å². The minimum Gasteiger partial charge on any atom is -0.338 e. The van der Waals surface area contributed by atoms with E-state index in [4.69, 9.17) is 11.6 Å². The lowest BCUT2D eigenvalue weighted by Crippen LogP contribution is -2.34. The number of benzene rings is 3. The van der Waals surface area contributed by atoms with E-state index in [9.17, 15) is 13.2 Å². The Labute approximate surface area is 215 Å². The summed E-state index contributed by atoms with van der Waals surface area (Å²) in [7, 11) is -3.80. The smallest absolute Gasteiger partial charge is 0.263 e. The molecule has 0 saturated carbocycles. The van der Waals surface area contributed by atoms with Crippen LogP contribution in [0.3, 0.4) is 0 Å². The van der Waals surface area contributed by atoms with Crippen LogP contribution in [0.15, 0.2) is 74.5 Å². The van der Waals surface area contributed by atoms with Crippen molar-refractivity contribution in [3.63, 3.8) is 0 Å². The van der Waals surface area contributed by atoms with E-state index in [0.717, 1.165) is 6.42 Å². The maximum Gasteiger partial charge on any atom is 0.263 e. The lowest BCUT2D eigenvalue weighted by atomic mass is 9.95. The molecule has 0 radical (unpaired) electrons. The first-order valence-electron chi connectivity index (χ1n) is 10.3. The molecule has 172 valence electrons. The first-order valence-corrected chi connectivity index (χ1v) is 13.7. The highest BCUT2D eigenvalue weighted by molar-refractivity contribution is 9.11. The number of carbonyl (C=O) groups is 1. The largest absolute Gasteiger partial charge is 0.338 e. The average Bonchev–Trinajstić information content (AvgIpc) is 2.94. The Morgan fingerprint density at radius 3 is 2.52 bits per heavy atom. The molecule has 1 aliphatic heterocycles. The third-order valence-corrected chi connectivity index (χ3v) is 8.74. The summed E-state index contributed by atoms with van der Waals surface area (Å²) in [5, 5.41) is 0.702. The highest BCUT2D eigenvalue weighted by Crippen LogP contribution is 2.30. The van der Waals surface area contributed by atoms with Crippen LogP contribution in [0, 0.1) is 0 Å². The van der Waals surface area contributed by atoms with Crippen molar-refractivity contribution < 1.29 is 13.2 Å². The molecule has 1 heterocycles. The fourth-order valence-corrected chi connectivity index (χ4v) is 6.71. The van der Waals surface area contributed by atoms with E-state index in [1.165, 1.54) is 17.2 Å². The van der Waals surface area contributed by atoms with Crippen LogP contribution in [-0.2, 0) is 16.4 Å². The predicted molar refractivity (Wildman–Crippen MR) is 139 cm³/mol. The van der Waals surface area contributed by atoms with Gasteiger partial charge in [0.05, 0.1) is 0 Å². The van der Waals surface area contributed by atoms with E-state index < -0.39 is 10.0 Å². The third kappa shape index (κ3) is 5.45. The number of sulfonamides is 1. The summed E-state index contributed by atoms with van der Waals surface area (Å²) < 4.78 is 29.3. The van der Waals surface area contributed by atoms with Gasteiger partial charge in [0.2, 0.25) is 0 Å². The number of hydrogen-bond donors (Lipinski definition) is 1. The van der Waals surface area contributed by atoms with Crippen LogP contribution in [0.5, 0.6) is 0 Å². The van der Waals surface area contributed by atoms with E-state index in [0.29, 0.717) is 38.3 Å².